The van der Waals surface area contributed by atoms with E-state index in [1.807, 2.05) is 0 Å². The van der Waals surface area contributed by atoms with Crippen LogP contribution >= 0.6 is 0 Å². The normalized spacial score (nSPS) is 20.1. The minimum absolute atomic E-state index is 0.0271. The van der Waals surface area contributed by atoms with Crippen LogP contribution in [0, 0.1) is 0 Å². The minimum atomic E-state index is 0.0271. The Morgan fingerprint density at radius 2 is 1.82 bits per heavy atom. The summed E-state index contributed by atoms with van der Waals surface area (Å²) in [6.07, 6.45) is 4.96. The molecule has 92 valence electrons. The van der Waals surface area contributed by atoms with Crippen LogP contribution in [0.5, 0.6) is 0 Å². The summed E-state index contributed by atoms with van der Waals surface area (Å²) in [5, 5.41) is 3.17. The Balaban J connectivity index is 1.92. The molecule has 0 aliphatic carbocycles. The van der Waals surface area contributed by atoms with Crippen molar-refractivity contribution in [3.8, 4) is 0 Å². The molecule has 0 amide bonds. The Morgan fingerprint density at radius 3 is 2.59 bits per heavy atom. The molecule has 1 aromatic rings. The smallest absolute Gasteiger partial charge is 0.257 e. The van der Waals surface area contributed by atoms with Crippen LogP contribution < -0.4 is 15.8 Å². The Morgan fingerprint density at radius 1 is 1.06 bits per heavy atom. The number of hydrogen-bond donors (Lipinski definition) is 2. The van der Waals surface area contributed by atoms with Crippen LogP contribution in [0.25, 0.3) is 0 Å². The number of nitrogens with one attached hydrogen (secondary N) is 2. The van der Waals surface area contributed by atoms with Crippen LogP contribution in [0.3, 0.4) is 0 Å². The van der Waals surface area contributed by atoms with E-state index in [1.54, 1.807) is 0 Å². The fourth-order valence-corrected chi connectivity index (χ4v) is 2.60. The summed E-state index contributed by atoms with van der Waals surface area (Å²) in [5.41, 5.74) is 1.76. The van der Waals surface area contributed by atoms with Crippen molar-refractivity contribution >= 4 is 5.95 Å². The fraction of sp³-hybridized carbons (Fsp3) is 0.667. The highest BCUT2D eigenvalue weighted by Crippen LogP contribution is 2.17. The number of nitrogens with zero attached hydrogens (tertiary/aromatic N) is 2. The van der Waals surface area contributed by atoms with Gasteiger partial charge in [-0.3, -0.25) is 9.78 Å². The summed E-state index contributed by atoms with van der Waals surface area (Å²) in [7, 11) is 0. The van der Waals surface area contributed by atoms with E-state index in [9.17, 15) is 4.79 Å². The van der Waals surface area contributed by atoms with Crippen molar-refractivity contribution in [2.24, 2.45) is 0 Å². The number of rotatable bonds is 1. The van der Waals surface area contributed by atoms with E-state index in [0.29, 0.717) is 6.54 Å². The summed E-state index contributed by atoms with van der Waals surface area (Å²) in [6, 6.07) is 0. The van der Waals surface area contributed by atoms with Crippen LogP contribution in [0.4, 0.5) is 5.95 Å². The number of aromatic amines is 1. The van der Waals surface area contributed by atoms with E-state index in [2.05, 4.69) is 20.2 Å². The predicted molar refractivity (Wildman–Crippen MR) is 66.1 cm³/mol. The highest BCUT2D eigenvalue weighted by atomic mass is 16.1. The highest BCUT2D eigenvalue weighted by molar-refractivity contribution is 5.34. The first kappa shape index (κ1) is 10.8. The lowest BCUT2D eigenvalue weighted by atomic mass is 10.2. The average molecular weight is 234 g/mol. The molecule has 0 saturated carbocycles. The molecule has 0 bridgehead atoms. The summed E-state index contributed by atoms with van der Waals surface area (Å²) in [4.78, 5) is 21.6. The van der Waals surface area contributed by atoms with Gasteiger partial charge in [0.2, 0.25) is 5.95 Å². The van der Waals surface area contributed by atoms with Gasteiger partial charge in [-0.05, 0) is 12.8 Å². The van der Waals surface area contributed by atoms with E-state index >= 15 is 0 Å². The van der Waals surface area contributed by atoms with Gasteiger partial charge in [0.25, 0.3) is 5.56 Å². The van der Waals surface area contributed by atoms with E-state index in [1.165, 1.54) is 25.7 Å². The first-order valence-corrected chi connectivity index (χ1v) is 6.42. The quantitative estimate of drug-likeness (QED) is 0.753. The molecule has 1 fully saturated rings. The molecule has 17 heavy (non-hydrogen) atoms. The van der Waals surface area contributed by atoms with Crippen LogP contribution in [0.2, 0.25) is 0 Å². The highest BCUT2D eigenvalue weighted by Gasteiger charge is 2.19. The van der Waals surface area contributed by atoms with E-state index in [4.69, 9.17) is 0 Å². The zero-order valence-corrected chi connectivity index (χ0v) is 9.96. The SMILES string of the molecule is O=c1[nH]c(N2CCCCCC2)nc2c1CNC2. The first-order valence-electron chi connectivity index (χ1n) is 6.42. The maximum atomic E-state index is 11.9. The third kappa shape index (κ3) is 2.07. The monoisotopic (exact) mass is 234 g/mol. The third-order valence-electron chi connectivity index (χ3n) is 3.59. The average Bonchev–Trinajstić information content (AvgIpc) is 2.63. The van der Waals surface area contributed by atoms with Crippen LogP contribution in [0.15, 0.2) is 4.79 Å². The number of hydrogen-bond acceptors (Lipinski definition) is 4. The number of fused-ring (bicyclic) bond motifs is 1. The number of H-pyrrole nitrogens is 1. The van der Waals surface area contributed by atoms with Crippen molar-refractivity contribution in [1.29, 1.82) is 0 Å². The molecule has 2 N–H and O–H groups in total. The molecule has 1 aromatic heterocycles. The lowest BCUT2D eigenvalue weighted by molar-refractivity contribution is 0.726. The van der Waals surface area contributed by atoms with Gasteiger partial charge in [-0.25, -0.2) is 4.98 Å². The molecule has 3 heterocycles. The lowest BCUT2D eigenvalue weighted by Gasteiger charge is -2.20. The van der Waals surface area contributed by atoms with Crippen molar-refractivity contribution in [1.82, 2.24) is 15.3 Å². The minimum Gasteiger partial charge on any atom is -0.342 e. The van der Waals surface area contributed by atoms with E-state index in [-0.39, 0.29) is 5.56 Å². The summed E-state index contributed by atoms with van der Waals surface area (Å²) in [6.45, 7) is 3.39. The standard InChI is InChI=1S/C12H18N4O/c17-11-9-7-13-8-10(9)14-12(15-11)16-5-3-1-2-4-6-16/h13H,1-8H2,(H,14,15,17). The number of aromatic nitrogens is 2. The second kappa shape index (κ2) is 4.49. The van der Waals surface area contributed by atoms with Crippen LogP contribution in [-0.2, 0) is 13.1 Å². The maximum Gasteiger partial charge on any atom is 0.257 e. The molecule has 0 radical (unpaired) electrons. The fourth-order valence-electron chi connectivity index (χ4n) is 2.60. The second-order valence-corrected chi connectivity index (χ2v) is 4.82. The zero-order valence-electron chi connectivity index (χ0n) is 9.96. The van der Waals surface area contributed by atoms with E-state index < -0.39 is 0 Å². The largest absolute Gasteiger partial charge is 0.342 e. The van der Waals surface area contributed by atoms with Gasteiger partial charge in [-0.2, -0.15) is 0 Å². The molecule has 5 nitrogen and oxygen atoms in total. The summed E-state index contributed by atoms with van der Waals surface area (Å²) in [5.74, 6) is 0.763. The Bertz CT molecular complexity index is 460. The molecular weight excluding hydrogens is 216 g/mol. The number of anilines is 1. The third-order valence-corrected chi connectivity index (χ3v) is 3.59. The summed E-state index contributed by atoms with van der Waals surface area (Å²) >= 11 is 0. The topological polar surface area (TPSA) is 61.0 Å². The second-order valence-electron chi connectivity index (χ2n) is 4.82. The summed E-state index contributed by atoms with van der Waals surface area (Å²) < 4.78 is 0. The first-order chi connectivity index (χ1) is 8.34. The van der Waals surface area contributed by atoms with Gasteiger partial charge in [-0.1, -0.05) is 12.8 Å². The van der Waals surface area contributed by atoms with Gasteiger partial charge in [0, 0.05) is 26.2 Å². The van der Waals surface area contributed by atoms with E-state index in [0.717, 1.165) is 36.8 Å². The van der Waals surface area contributed by atoms with Crippen molar-refractivity contribution in [3.05, 3.63) is 21.6 Å². The molecule has 3 rings (SSSR count). The molecule has 2 aliphatic heterocycles. The van der Waals surface area contributed by atoms with Crippen molar-refractivity contribution in [2.75, 3.05) is 18.0 Å². The Kier molecular flexibility index (Phi) is 2.84. The Labute approximate surface area is 100 Å². The van der Waals surface area contributed by atoms with Gasteiger partial charge >= 0.3 is 0 Å². The van der Waals surface area contributed by atoms with Gasteiger partial charge in [-0.15, -0.1) is 0 Å². The molecule has 0 unspecified atom stereocenters. The molecule has 0 aromatic carbocycles. The van der Waals surface area contributed by atoms with Crippen LogP contribution in [-0.4, -0.2) is 23.1 Å². The molecule has 1 saturated heterocycles. The molecule has 0 atom stereocenters. The maximum absolute atomic E-state index is 11.9. The predicted octanol–water partition coefficient (Wildman–Crippen LogP) is 0.753. The zero-order chi connectivity index (χ0) is 11.7. The molecule has 2 aliphatic rings. The van der Waals surface area contributed by atoms with Gasteiger partial charge in [0.05, 0.1) is 11.3 Å². The lowest BCUT2D eigenvalue weighted by Crippen LogP contribution is -2.29. The van der Waals surface area contributed by atoms with Gasteiger partial charge < -0.3 is 10.2 Å². The van der Waals surface area contributed by atoms with Crippen LogP contribution in [0.1, 0.15) is 36.9 Å². The van der Waals surface area contributed by atoms with Crippen molar-refractivity contribution in [2.45, 2.75) is 38.8 Å². The Hall–Kier alpha value is -1.36. The van der Waals surface area contributed by atoms with Gasteiger partial charge in [0.1, 0.15) is 0 Å². The molecule has 5 heteroatoms. The molecule has 0 spiro atoms. The molecular formula is C12H18N4O. The van der Waals surface area contributed by atoms with Gasteiger partial charge in [0.15, 0.2) is 0 Å². The van der Waals surface area contributed by atoms with Crippen molar-refractivity contribution in [3.63, 3.8) is 0 Å². The van der Waals surface area contributed by atoms with Crippen molar-refractivity contribution < 1.29 is 0 Å².